The highest BCUT2D eigenvalue weighted by atomic mass is 35.5. The lowest BCUT2D eigenvalue weighted by Gasteiger charge is -2.39. The van der Waals surface area contributed by atoms with Crippen molar-refractivity contribution in [2.24, 2.45) is 11.8 Å². The molecule has 1 saturated carbocycles. The SMILES string of the molecule is O=C1[C@H]2[C@H](C(=O)N1c1ccccc1-c1ccccc1)[C@@]1(c3ccc(Cl)cc3)C(=O)[C@@]2(c2ccc(Cl)cc2)C(c2ccccc2)=C1c1ccccc1. The molecule has 3 aliphatic rings. The van der Waals surface area contributed by atoms with Crippen LogP contribution in [0.15, 0.2) is 164 Å². The highest BCUT2D eigenvalue weighted by Crippen LogP contribution is 2.74. The van der Waals surface area contributed by atoms with E-state index < -0.39 is 34.5 Å². The number of hydrogen-bond acceptors (Lipinski definition) is 3. The van der Waals surface area contributed by atoms with Crippen LogP contribution in [0, 0.1) is 11.8 Å². The zero-order chi connectivity index (χ0) is 34.9. The van der Waals surface area contributed by atoms with E-state index in [0.717, 1.165) is 33.4 Å². The number of hydrogen-bond donors (Lipinski definition) is 0. The predicted octanol–water partition coefficient (Wildman–Crippen LogP) is 9.85. The summed E-state index contributed by atoms with van der Waals surface area (Å²) in [5.41, 5.74) is 3.31. The van der Waals surface area contributed by atoms with Crippen molar-refractivity contribution < 1.29 is 14.4 Å². The molecule has 6 aromatic carbocycles. The van der Waals surface area contributed by atoms with Crippen LogP contribution in [-0.4, -0.2) is 17.6 Å². The van der Waals surface area contributed by atoms with Gasteiger partial charge in [0.25, 0.3) is 0 Å². The maximum absolute atomic E-state index is 16.2. The number of benzene rings is 6. The summed E-state index contributed by atoms with van der Waals surface area (Å²) in [6, 6.07) is 51.1. The Labute approximate surface area is 305 Å². The molecule has 9 rings (SSSR count). The molecule has 1 saturated heterocycles. The Morgan fingerprint density at radius 1 is 0.431 bits per heavy atom. The van der Waals surface area contributed by atoms with Gasteiger partial charge in [-0.2, -0.15) is 0 Å². The van der Waals surface area contributed by atoms with Gasteiger partial charge in [0, 0.05) is 15.6 Å². The summed E-state index contributed by atoms with van der Waals surface area (Å²) in [6.07, 6.45) is 0. The zero-order valence-electron chi connectivity index (χ0n) is 27.2. The number of fused-ring (bicyclic) bond motifs is 5. The van der Waals surface area contributed by atoms with Gasteiger partial charge in [-0.3, -0.25) is 14.4 Å². The summed E-state index contributed by atoms with van der Waals surface area (Å²) in [5.74, 6) is -3.13. The molecular formula is C45H29Cl2NO3. The van der Waals surface area contributed by atoms with E-state index in [1.54, 1.807) is 24.3 Å². The molecule has 1 aliphatic heterocycles. The Kier molecular flexibility index (Phi) is 7.25. The number of amides is 2. The molecule has 2 bridgehead atoms. The third-order valence-corrected chi connectivity index (χ3v) is 11.5. The zero-order valence-corrected chi connectivity index (χ0v) is 28.7. The Balaban J connectivity index is 1.42. The fourth-order valence-corrected chi connectivity index (χ4v) is 9.38. The largest absolute Gasteiger partial charge is 0.297 e. The van der Waals surface area contributed by atoms with Gasteiger partial charge in [-0.05, 0) is 69.3 Å². The number of halogens is 2. The normalized spacial score (nSPS) is 23.6. The first-order valence-corrected chi connectivity index (χ1v) is 17.6. The smallest absolute Gasteiger partial charge is 0.239 e. The van der Waals surface area contributed by atoms with Crippen LogP contribution >= 0.6 is 23.2 Å². The van der Waals surface area contributed by atoms with E-state index in [4.69, 9.17) is 23.2 Å². The van der Waals surface area contributed by atoms with Crippen LogP contribution in [0.3, 0.4) is 0 Å². The molecule has 1 heterocycles. The number of carbonyl (C=O) groups is 3. The second-order valence-electron chi connectivity index (χ2n) is 13.3. The lowest BCUT2D eigenvalue weighted by atomic mass is 9.59. The van der Waals surface area contributed by atoms with E-state index in [1.165, 1.54) is 4.90 Å². The average molecular weight is 703 g/mol. The topological polar surface area (TPSA) is 54.5 Å². The van der Waals surface area contributed by atoms with Gasteiger partial charge >= 0.3 is 0 Å². The molecule has 51 heavy (non-hydrogen) atoms. The second-order valence-corrected chi connectivity index (χ2v) is 14.2. The van der Waals surface area contributed by atoms with Crippen molar-refractivity contribution in [2.45, 2.75) is 10.8 Å². The van der Waals surface area contributed by atoms with Crippen LogP contribution in [0.4, 0.5) is 5.69 Å². The summed E-state index contributed by atoms with van der Waals surface area (Å²) in [4.78, 5) is 48.5. The van der Waals surface area contributed by atoms with Gasteiger partial charge in [0.05, 0.1) is 28.4 Å². The first-order chi connectivity index (χ1) is 24.9. The summed E-state index contributed by atoms with van der Waals surface area (Å²) in [5, 5.41) is 1.000. The van der Waals surface area contributed by atoms with E-state index in [0.29, 0.717) is 26.9 Å². The van der Waals surface area contributed by atoms with Gasteiger partial charge < -0.3 is 0 Å². The molecule has 0 unspecified atom stereocenters. The highest BCUT2D eigenvalue weighted by molar-refractivity contribution is 6.39. The standard InChI is InChI=1S/C45H29Cl2NO3/c46-33-24-20-31(21-25-33)44-37(29-14-6-2-7-15-29)38(30-16-8-3-9-17-30)45(43(44)51,32-22-26-34(47)27-23-32)40-39(44)41(49)48(42(40)50)36-19-11-10-18-35(36)28-12-4-1-5-13-28/h1-27,39-40H/t39-,40-,44+,45+/m1/s1. The number of allylic oxidation sites excluding steroid dienone is 2. The van der Waals surface area contributed by atoms with Crippen LogP contribution in [0.25, 0.3) is 22.3 Å². The van der Waals surface area contributed by atoms with Crippen molar-refractivity contribution in [1.82, 2.24) is 0 Å². The Bertz CT molecular complexity index is 2270. The van der Waals surface area contributed by atoms with Crippen molar-refractivity contribution in [3.8, 4) is 11.1 Å². The van der Waals surface area contributed by atoms with Gasteiger partial charge in [-0.25, -0.2) is 4.90 Å². The number of imide groups is 1. The first kappa shape index (κ1) is 31.4. The number of para-hydroxylation sites is 1. The van der Waals surface area contributed by atoms with E-state index in [2.05, 4.69) is 0 Å². The van der Waals surface area contributed by atoms with Crippen LogP contribution in [0.5, 0.6) is 0 Å². The fraction of sp³-hybridized carbons (Fsp3) is 0.0889. The molecule has 4 atom stereocenters. The van der Waals surface area contributed by atoms with Crippen LogP contribution in [0.2, 0.25) is 10.0 Å². The minimum absolute atomic E-state index is 0.204. The van der Waals surface area contributed by atoms with Crippen molar-refractivity contribution in [2.75, 3.05) is 4.90 Å². The number of anilines is 1. The molecule has 0 N–H and O–H groups in total. The Morgan fingerprint density at radius 2 is 0.804 bits per heavy atom. The maximum atomic E-state index is 16.2. The quantitative estimate of drug-likeness (QED) is 0.163. The third-order valence-electron chi connectivity index (χ3n) is 10.9. The number of rotatable bonds is 6. The number of Topliss-reactive ketones (excluding diaryl/α,β-unsaturated/α-hetero) is 1. The van der Waals surface area contributed by atoms with Gasteiger partial charge in [0.1, 0.15) is 0 Å². The van der Waals surface area contributed by atoms with Crippen molar-refractivity contribution in [3.63, 3.8) is 0 Å². The molecule has 4 nitrogen and oxygen atoms in total. The lowest BCUT2D eigenvalue weighted by molar-refractivity contribution is -0.130. The monoisotopic (exact) mass is 701 g/mol. The van der Waals surface area contributed by atoms with E-state index >= 15 is 14.4 Å². The molecule has 2 fully saturated rings. The van der Waals surface area contributed by atoms with Crippen LogP contribution in [0.1, 0.15) is 22.3 Å². The molecule has 0 aromatic heterocycles. The first-order valence-electron chi connectivity index (χ1n) is 16.9. The second kappa shape index (κ2) is 11.8. The molecule has 0 spiro atoms. The lowest BCUT2D eigenvalue weighted by Crippen LogP contribution is -2.45. The fourth-order valence-electron chi connectivity index (χ4n) is 9.13. The summed E-state index contributed by atoms with van der Waals surface area (Å²) in [7, 11) is 0. The van der Waals surface area contributed by atoms with E-state index in [9.17, 15) is 0 Å². The van der Waals surface area contributed by atoms with Crippen molar-refractivity contribution in [1.29, 1.82) is 0 Å². The molecule has 0 radical (unpaired) electrons. The van der Waals surface area contributed by atoms with Crippen LogP contribution < -0.4 is 4.90 Å². The average Bonchev–Trinajstić information content (AvgIpc) is 3.68. The molecular weight excluding hydrogens is 673 g/mol. The van der Waals surface area contributed by atoms with E-state index in [-0.39, 0.29) is 5.78 Å². The Hall–Kier alpha value is -5.55. The minimum atomic E-state index is -1.54. The molecule has 6 aromatic rings. The van der Waals surface area contributed by atoms with Crippen molar-refractivity contribution >= 4 is 57.6 Å². The molecule has 246 valence electrons. The molecule has 6 heteroatoms. The molecule has 2 amide bonds. The minimum Gasteiger partial charge on any atom is -0.297 e. The summed E-state index contributed by atoms with van der Waals surface area (Å²) >= 11 is 12.9. The van der Waals surface area contributed by atoms with Gasteiger partial charge in [-0.1, -0.05) is 157 Å². The van der Waals surface area contributed by atoms with Crippen LogP contribution in [-0.2, 0) is 25.2 Å². The van der Waals surface area contributed by atoms with Crippen molar-refractivity contribution in [3.05, 3.63) is 196 Å². The van der Waals surface area contributed by atoms with Gasteiger partial charge in [-0.15, -0.1) is 0 Å². The maximum Gasteiger partial charge on any atom is 0.239 e. The number of ketones is 1. The molecule has 2 aliphatic carbocycles. The number of nitrogens with zero attached hydrogens (tertiary/aromatic N) is 1. The van der Waals surface area contributed by atoms with Gasteiger partial charge in [0.15, 0.2) is 5.78 Å². The Morgan fingerprint density at radius 3 is 1.24 bits per heavy atom. The van der Waals surface area contributed by atoms with E-state index in [1.807, 2.05) is 140 Å². The third kappa shape index (κ3) is 4.24. The van der Waals surface area contributed by atoms with Gasteiger partial charge in [0.2, 0.25) is 11.8 Å². The summed E-state index contributed by atoms with van der Waals surface area (Å²) < 4.78 is 0. The summed E-state index contributed by atoms with van der Waals surface area (Å²) in [6.45, 7) is 0. The predicted molar refractivity (Wildman–Crippen MR) is 202 cm³/mol. The highest BCUT2D eigenvalue weighted by Gasteiger charge is 2.82. The number of carbonyl (C=O) groups excluding carboxylic acids is 3.